The zero-order chi connectivity index (χ0) is 12.1. The molecule has 86 valence electrons. The molecule has 1 rings (SSSR count). The van der Waals surface area contributed by atoms with Crippen LogP contribution in [0, 0.1) is 11.3 Å². The molecule has 0 aromatic heterocycles. The number of aliphatic hydroxyl groups is 3. The Hall–Kier alpha value is -1.61. The fourth-order valence-corrected chi connectivity index (χ4v) is 1.34. The number of aliphatic hydroxyl groups excluding tert-OH is 3. The van der Waals surface area contributed by atoms with E-state index in [2.05, 4.69) is 0 Å². The van der Waals surface area contributed by atoms with E-state index in [1.54, 1.807) is 6.07 Å². The fourth-order valence-electron chi connectivity index (χ4n) is 1.34. The van der Waals surface area contributed by atoms with Crippen molar-refractivity contribution in [3.8, 4) is 11.8 Å². The Morgan fingerprint density at radius 3 is 2.56 bits per heavy atom. The lowest BCUT2D eigenvalue weighted by molar-refractivity contribution is 0.00418. The number of aromatic hydroxyl groups is 1. The second kappa shape index (κ2) is 5.47. The minimum atomic E-state index is -1.18. The Morgan fingerprint density at radius 2 is 2.00 bits per heavy atom. The number of nitrogens with zero attached hydrogens (tertiary/aromatic N) is 1. The van der Waals surface area contributed by atoms with Gasteiger partial charge in [-0.1, -0.05) is 6.07 Å². The summed E-state index contributed by atoms with van der Waals surface area (Å²) >= 11 is 0. The maximum Gasteiger partial charge on any atom is 0.133 e. The van der Waals surface area contributed by atoms with Crippen LogP contribution in [0.1, 0.15) is 23.7 Å². The van der Waals surface area contributed by atoms with Gasteiger partial charge in [-0.2, -0.15) is 5.26 Å². The van der Waals surface area contributed by atoms with E-state index in [-0.39, 0.29) is 24.3 Å². The topological polar surface area (TPSA) is 105 Å². The van der Waals surface area contributed by atoms with E-state index < -0.39 is 12.2 Å². The molecule has 0 amide bonds. The van der Waals surface area contributed by atoms with Crippen LogP contribution in [0.15, 0.2) is 18.2 Å². The monoisotopic (exact) mass is 223 g/mol. The first kappa shape index (κ1) is 12.5. The molecule has 0 fully saturated rings. The highest BCUT2D eigenvalue weighted by molar-refractivity contribution is 5.45. The number of hydrogen-bond acceptors (Lipinski definition) is 5. The molecule has 1 aromatic carbocycles. The lowest BCUT2D eigenvalue weighted by Gasteiger charge is -2.17. The Labute approximate surface area is 92.8 Å². The lowest BCUT2D eigenvalue weighted by Crippen LogP contribution is -2.19. The van der Waals surface area contributed by atoms with Crippen LogP contribution in [0.25, 0.3) is 0 Å². The van der Waals surface area contributed by atoms with Crippen LogP contribution in [0.4, 0.5) is 0 Å². The highest BCUT2D eigenvalue weighted by atomic mass is 16.3. The van der Waals surface area contributed by atoms with E-state index in [0.29, 0.717) is 5.56 Å². The molecule has 5 nitrogen and oxygen atoms in total. The Kier molecular flexibility index (Phi) is 4.26. The molecule has 0 saturated carbocycles. The van der Waals surface area contributed by atoms with Crippen molar-refractivity contribution in [1.82, 2.24) is 0 Å². The van der Waals surface area contributed by atoms with Crippen LogP contribution < -0.4 is 0 Å². The number of rotatable bonds is 4. The van der Waals surface area contributed by atoms with Crippen LogP contribution >= 0.6 is 0 Å². The molecule has 0 bridgehead atoms. The van der Waals surface area contributed by atoms with Gasteiger partial charge in [0.25, 0.3) is 0 Å². The van der Waals surface area contributed by atoms with Crippen LogP contribution in [0.5, 0.6) is 5.75 Å². The van der Waals surface area contributed by atoms with Gasteiger partial charge < -0.3 is 20.4 Å². The molecular formula is C11H13NO4. The third-order valence-electron chi connectivity index (χ3n) is 2.27. The van der Waals surface area contributed by atoms with E-state index in [4.69, 9.17) is 10.4 Å². The maximum absolute atomic E-state index is 9.68. The van der Waals surface area contributed by atoms with Gasteiger partial charge in [0.1, 0.15) is 17.9 Å². The molecule has 0 radical (unpaired) electrons. The standard InChI is InChI=1S/C11H13NO4/c12-6-8-5-7(1-2-9(8)14)11(16)10(15)3-4-13/h1-2,5,10-11,13-16H,3-4H2. The molecule has 0 spiro atoms. The molecular weight excluding hydrogens is 210 g/mol. The molecule has 0 heterocycles. The van der Waals surface area contributed by atoms with Crippen LogP contribution in [-0.2, 0) is 0 Å². The average Bonchev–Trinajstić information content (AvgIpc) is 2.29. The van der Waals surface area contributed by atoms with Gasteiger partial charge >= 0.3 is 0 Å². The van der Waals surface area contributed by atoms with Gasteiger partial charge in [0.2, 0.25) is 0 Å². The molecule has 2 atom stereocenters. The van der Waals surface area contributed by atoms with Crippen LogP contribution in [0.3, 0.4) is 0 Å². The highest BCUT2D eigenvalue weighted by Gasteiger charge is 2.18. The van der Waals surface area contributed by atoms with E-state index in [1.165, 1.54) is 18.2 Å². The van der Waals surface area contributed by atoms with E-state index in [1.807, 2.05) is 0 Å². The largest absolute Gasteiger partial charge is 0.507 e. The third-order valence-corrected chi connectivity index (χ3v) is 2.27. The van der Waals surface area contributed by atoms with Crippen molar-refractivity contribution in [2.24, 2.45) is 0 Å². The summed E-state index contributed by atoms with van der Waals surface area (Å²) < 4.78 is 0. The first-order chi connectivity index (χ1) is 7.60. The smallest absolute Gasteiger partial charge is 0.133 e. The van der Waals surface area contributed by atoms with Gasteiger partial charge in [-0.25, -0.2) is 0 Å². The van der Waals surface area contributed by atoms with Crippen molar-refractivity contribution in [2.45, 2.75) is 18.6 Å². The summed E-state index contributed by atoms with van der Waals surface area (Å²) in [6.45, 7) is -0.235. The van der Waals surface area contributed by atoms with E-state index >= 15 is 0 Å². The van der Waals surface area contributed by atoms with Gasteiger partial charge in [-0.15, -0.1) is 0 Å². The zero-order valence-electron chi connectivity index (χ0n) is 8.54. The number of phenolic OH excluding ortho intramolecular Hbond substituents is 1. The van der Waals surface area contributed by atoms with Crippen molar-refractivity contribution in [3.63, 3.8) is 0 Å². The zero-order valence-corrected chi connectivity index (χ0v) is 8.54. The average molecular weight is 223 g/mol. The van der Waals surface area contributed by atoms with Crippen molar-refractivity contribution in [2.75, 3.05) is 6.61 Å². The fraction of sp³-hybridized carbons (Fsp3) is 0.364. The Morgan fingerprint density at radius 1 is 1.31 bits per heavy atom. The quantitative estimate of drug-likeness (QED) is 0.577. The summed E-state index contributed by atoms with van der Waals surface area (Å²) in [4.78, 5) is 0. The van der Waals surface area contributed by atoms with Crippen LogP contribution in [0.2, 0.25) is 0 Å². The highest BCUT2D eigenvalue weighted by Crippen LogP contribution is 2.24. The normalized spacial score (nSPS) is 14.1. The number of phenols is 1. The Balaban J connectivity index is 2.92. The summed E-state index contributed by atoms with van der Waals surface area (Å²) in [5, 5.41) is 45.7. The molecule has 16 heavy (non-hydrogen) atoms. The molecule has 0 aliphatic rings. The minimum Gasteiger partial charge on any atom is -0.507 e. The molecule has 5 heteroatoms. The van der Waals surface area contributed by atoms with Crippen molar-refractivity contribution in [3.05, 3.63) is 29.3 Å². The van der Waals surface area contributed by atoms with Crippen LogP contribution in [-0.4, -0.2) is 33.1 Å². The number of hydrogen-bond donors (Lipinski definition) is 4. The van der Waals surface area contributed by atoms with E-state index in [0.717, 1.165) is 0 Å². The number of nitriles is 1. The second-order valence-electron chi connectivity index (χ2n) is 3.41. The summed E-state index contributed by atoms with van der Waals surface area (Å²) in [5.74, 6) is -0.171. The van der Waals surface area contributed by atoms with Gasteiger partial charge in [-0.3, -0.25) is 0 Å². The molecule has 1 aromatic rings. The third kappa shape index (κ3) is 2.70. The maximum atomic E-state index is 9.68. The molecule has 2 unspecified atom stereocenters. The second-order valence-corrected chi connectivity index (χ2v) is 3.41. The van der Waals surface area contributed by atoms with Gasteiger partial charge in [-0.05, 0) is 24.1 Å². The molecule has 0 aliphatic heterocycles. The first-order valence-electron chi connectivity index (χ1n) is 4.80. The first-order valence-corrected chi connectivity index (χ1v) is 4.80. The molecule has 0 aliphatic carbocycles. The van der Waals surface area contributed by atoms with Crippen molar-refractivity contribution in [1.29, 1.82) is 5.26 Å². The summed E-state index contributed by atoms with van der Waals surface area (Å²) in [6.07, 6.45) is -2.23. The van der Waals surface area contributed by atoms with Gasteiger partial charge in [0, 0.05) is 6.61 Å². The summed E-state index contributed by atoms with van der Waals surface area (Å²) in [6, 6.07) is 5.77. The van der Waals surface area contributed by atoms with Gasteiger partial charge in [0.15, 0.2) is 0 Å². The van der Waals surface area contributed by atoms with Crippen molar-refractivity contribution < 1.29 is 20.4 Å². The summed E-state index contributed by atoms with van der Waals surface area (Å²) in [7, 11) is 0. The Bertz CT molecular complexity index is 399. The van der Waals surface area contributed by atoms with E-state index in [9.17, 15) is 15.3 Å². The molecule has 0 saturated heterocycles. The minimum absolute atomic E-state index is 0.0350. The predicted octanol–water partition coefficient (Wildman–Crippen LogP) is 0.0406. The molecule has 4 N–H and O–H groups in total. The van der Waals surface area contributed by atoms with Crippen molar-refractivity contribution >= 4 is 0 Å². The summed E-state index contributed by atoms with van der Waals surface area (Å²) in [5.41, 5.74) is 0.364. The predicted molar refractivity (Wildman–Crippen MR) is 55.5 cm³/mol. The number of benzene rings is 1. The van der Waals surface area contributed by atoms with Gasteiger partial charge in [0.05, 0.1) is 11.7 Å². The SMILES string of the molecule is N#Cc1cc(C(O)C(O)CCO)ccc1O. The lowest BCUT2D eigenvalue weighted by atomic mass is 10.0.